The average molecular weight is 338 g/mol. The summed E-state index contributed by atoms with van der Waals surface area (Å²) in [5, 5.41) is 18.8. The summed E-state index contributed by atoms with van der Waals surface area (Å²) < 4.78 is 65.9. The lowest BCUT2D eigenvalue weighted by Crippen LogP contribution is -2.40. The first-order valence-electron chi connectivity index (χ1n) is 7.09. The van der Waals surface area contributed by atoms with Crippen molar-refractivity contribution in [3.63, 3.8) is 0 Å². The summed E-state index contributed by atoms with van der Waals surface area (Å²) in [6.45, 7) is 1.02. The smallest absolute Gasteiger partial charge is 0.423 e. The molecule has 1 aromatic heterocycles. The Kier molecular flexibility index (Phi) is 4.86. The maximum Gasteiger partial charge on any atom is 0.492 e. The summed E-state index contributed by atoms with van der Waals surface area (Å²) in [7, 11) is -2.04. The van der Waals surface area contributed by atoms with Crippen LogP contribution in [-0.4, -0.2) is 41.2 Å². The molecule has 23 heavy (non-hydrogen) atoms. The van der Waals surface area contributed by atoms with Gasteiger partial charge in [-0.15, -0.1) is 0 Å². The number of alkyl halides is 5. The van der Waals surface area contributed by atoms with E-state index in [0.717, 1.165) is 13.0 Å². The fourth-order valence-corrected chi connectivity index (χ4v) is 2.63. The number of aromatic nitrogens is 1. The van der Waals surface area contributed by atoms with Crippen LogP contribution in [-0.2, 0) is 6.18 Å². The minimum absolute atomic E-state index is 0.0721. The van der Waals surface area contributed by atoms with Gasteiger partial charge in [-0.1, -0.05) is 6.07 Å². The molecule has 0 radical (unpaired) electrons. The number of rotatable bonds is 2. The third-order valence-corrected chi connectivity index (χ3v) is 3.79. The molecule has 0 amide bonds. The lowest BCUT2D eigenvalue weighted by Gasteiger charge is -2.26. The summed E-state index contributed by atoms with van der Waals surface area (Å²) in [6.07, 6.45) is -5.53. The van der Waals surface area contributed by atoms with Crippen LogP contribution in [0.5, 0.6) is 0 Å². The van der Waals surface area contributed by atoms with E-state index in [1.165, 1.54) is 4.90 Å². The van der Waals surface area contributed by atoms with E-state index in [4.69, 9.17) is 0 Å². The monoisotopic (exact) mass is 338 g/mol. The molecule has 0 spiro atoms. The Bertz CT molecular complexity index is 580. The van der Waals surface area contributed by atoms with E-state index in [0.29, 0.717) is 0 Å². The van der Waals surface area contributed by atoms with Crippen molar-refractivity contribution in [1.29, 1.82) is 0 Å². The van der Waals surface area contributed by atoms with Crippen LogP contribution in [0, 0.1) is 6.92 Å². The van der Waals surface area contributed by atoms with Crippen LogP contribution in [0.1, 0.15) is 30.5 Å². The molecule has 1 fully saturated rings. The highest BCUT2D eigenvalue weighted by molar-refractivity contribution is 6.60. The summed E-state index contributed by atoms with van der Waals surface area (Å²) >= 11 is 0. The Morgan fingerprint density at radius 2 is 1.87 bits per heavy atom. The van der Waals surface area contributed by atoms with E-state index in [1.807, 2.05) is 0 Å². The van der Waals surface area contributed by atoms with Crippen LogP contribution in [0.3, 0.4) is 0 Å². The zero-order chi connectivity index (χ0) is 17.4. The molecule has 1 aromatic rings. The zero-order valence-corrected chi connectivity index (χ0v) is 12.4. The Labute approximate surface area is 130 Å². The lowest BCUT2D eigenvalue weighted by molar-refractivity contribution is -0.141. The molecule has 1 aliphatic heterocycles. The van der Waals surface area contributed by atoms with Gasteiger partial charge in [-0.25, -0.2) is 13.8 Å². The van der Waals surface area contributed by atoms with Crippen molar-refractivity contribution in [3.05, 3.63) is 17.3 Å². The summed E-state index contributed by atoms with van der Waals surface area (Å²) in [6, 6.07) is 0.985. The zero-order valence-electron chi connectivity index (χ0n) is 12.4. The highest BCUT2D eigenvalue weighted by Gasteiger charge is 2.38. The second-order valence-electron chi connectivity index (χ2n) is 5.63. The highest BCUT2D eigenvalue weighted by Crippen LogP contribution is 2.33. The van der Waals surface area contributed by atoms with Gasteiger partial charge in [-0.2, -0.15) is 13.2 Å². The van der Waals surface area contributed by atoms with Crippen molar-refractivity contribution in [3.8, 4) is 0 Å². The van der Waals surface area contributed by atoms with Gasteiger partial charge in [0.15, 0.2) is 0 Å². The highest BCUT2D eigenvalue weighted by atomic mass is 19.4. The maximum atomic E-state index is 13.4. The van der Waals surface area contributed by atoms with Crippen LogP contribution in [0.2, 0.25) is 0 Å². The number of anilines is 1. The summed E-state index contributed by atoms with van der Waals surface area (Å²) in [5.74, 6) is -3.19. The molecule has 1 saturated heterocycles. The quantitative estimate of drug-likeness (QED) is 0.637. The molecule has 0 atom stereocenters. The molecular weight excluding hydrogens is 322 g/mol. The van der Waals surface area contributed by atoms with Crippen molar-refractivity contribution in [2.24, 2.45) is 0 Å². The van der Waals surface area contributed by atoms with Gasteiger partial charge in [0.25, 0.3) is 0 Å². The topological polar surface area (TPSA) is 56.6 Å². The Hall–Kier alpha value is -1.42. The van der Waals surface area contributed by atoms with E-state index in [9.17, 15) is 32.0 Å². The van der Waals surface area contributed by atoms with Crippen molar-refractivity contribution in [1.82, 2.24) is 4.98 Å². The molecule has 2 heterocycles. The molecule has 2 N–H and O–H groups in total. The van der Waals surface area contributed by atoms with Crippen molar-refractivity contribution >= 4 is 18.4 Å². The largest absolute Gasteiger partial charge is 0.492 e. The van der Waals surface area contributed by atoms with E-state index in [1.54, 1.807) is 0 Å². The first kappa shape index (κ1) is 17.9. The second-order valence-corrected chi connectivity index (χ2v) is 5.63. The van der Waals surface area contributed by atoms with Crippen molar-refractivity contribution < 1.29 is 32.0 Å². The molecular formula is C13H16BF5N2O2. The molecule has 2 rings (SSSR count). The first-order chi connectivity index (χ1) is 10.5. The number of nitrogens with zero attached hydrogens (tertiary/aromatic N) is 2. The SMILES string of the molecule is Cc1cc(B(O)O)c(N2CCCC(F)(F)CC2)nc1C(F)(F)F. The van der Waals surface area contributed by atoms with Crippen molar-refractivity contribution in [2.75, 3.05) is 18.0 Å². The third kappa shape index (κ3) is 4.11. The minimum atomic E-state index is -4.71. The molecule has 0 unspecified atom stereocenters. The van der Waals surface area contributed by atoms with Gasteiger partial charge in [-0.05, 0) is 18.9 Å². The maximum absolute atomic E-state index is 13.4. The number of hydrogen-bond donors (Lipinski definition) is 2. The van der Waals surface area contributed by atoms with Crippen LogP contribution < -0.4 is 10.4 Å². The summed E-state index contributed by atoms with van der Waals surface area (Å²) in [5.41, 5.74) is -1.64. The molecule has 0 bridgehead atoms. The third-order valence-electron chi connectivity index (χ3n) is 3.79. The first-order valence-corrected chi connectivity index (χ1v) is 7.09. The number of halogens is 5. The minimum Gasteiger partial charge on any atom is -0.423 e. The van der Waals surface area contributed by atoms with Crippen LogP contribution in [0.15, 0.2) is 6.07 Å². The van der Waals surface area contributed by atoms with Gasteiger partial charge >= 0.3 is 13.3 Å². The van der Waals surface area contributed by atoms with Gasteiger partial charge in [0.05, 0.1) is 0 Å². The molecule has 0 aliphatic carbocycles. The van der Waals surface area contributed by atoms with E-state index in [-0.39, 0.29) is 42.8 Å². The average Bonchev–Trinajstić information content (AvgIpc) is 2.58. The van der Waals surface area contributed by atoms with Gasteiger partial charge in [0, 0.05) is 31.4 Å². The van der Waals surface area contributed by atoms with Gasteiger partial charge in [-0.3, -0.25) is 0 Å². The normalized spacial score (nSPS) is 18.7. The molecule has 1 aliphatic rings. The molecule has 4 nitrogen and oxygen atoms in total. The lowest BCUT2D eigenvalue weighted by atomic mass is 9.79. The molecule has 0 saturated carbocycles. The summed E-state index contributed by atoms with van der Waals surface area (Å²) in [4.78, 5) is 4.77. The van der Waals surface area contributed by atoms with Crippen molar-refractivity contribution in [2.45, 2.75) is 38.3 Å². The number of hydrogen-bond acceptors (Lipinski definition) is 4. The standard InChI is InChI=1S/C13H16BF5N2O2/c1-8-7-9(14(22)23)11(20-10(8)13(17,18)19)21-5-2-3-12(15,16)4-6-21/h7,22-23H,2-6H2,1H3. The van der Waals surface area contributed by atoms with E-state index in [2.05, 4.69) is 4.98 Å². The Morgan fingerprint density at radius 1 is 1.22 bits per heavy atom. The number of pyridine rings is 1. The van der Waals surface area contributed by atoms with E-state index < -0.39 is 31.3 Å². The Balaban J connectivity index is 2.46. The van der Waals surface area contributed by atoms with Crippen LogP contribution in [0.4, 0.5) is 27.8 Å². The van der Waals surface area contributed by atoms with Gasteiger partial charge < -0.3 is 14.9 Å². The van der Waals surface area contributed by atoms with Crippen LogP contribution >= 0.6 is 0 Å². The van der Waals surface area contributed by atoms with E-state index >= 15 is 0 Å². The van der Waals surface area contributed by atoms with Crippen LogP contribution in [0.25, 0.3) is 0 Å². The number of aryl methyl sites for hydroxylation is 1. The predicted octanol–water partition coefficient (Wildman–Crippen LogP) is 1.71. The predicted molar refractivity (Wildman–Crippen MR) is 74.8 cm³/mol. The molecule has 10 heteroatoms. The fourth-order valence-electron chi connectivity index (χ4n) is 2.63. The fraction of sp³-hybridized carbons (Fsp3) is 0.615. The second kappa shape index (κ2) is 6.24. The van der Waals surface area contributed by atoms with Gasteiger partial charge in [0.1, 0.15) is 11.5 Å². The molecule has 128 valence electrons. The molecule has 0 aromatic carbocycles. The van der Waals surface area contributed by atoms with Gasteiger partial charge in [0.2, 0.25) is 5.92 Å². The Morgan fingerprint density at radius 3 is 2.43 bits per heavy atom.